The minimum atomic E-state index is -0.418. The number of likely N-dealkylation sites (tertiary alicyclic amines) is 1. The van der Waals surface area contributed by atoms with Crippen molar-refractivity contribution in [3.8, 4) is 0 Å². The highest BCUT2D eigenvalue weighted by Crippen LogP contribution is 2.28. The third kappa shape index (κ3) is 2.82. The minimum absolute atomic E-state index is 0.0299. The van der Waals surface area contributed by atoms with Crippen molar-refractivity contribution in [1.82, 2.24) is 15.1 Å². The third-order valence-electron chi connectivity index (χ3n) is 4.44. The number of rotatable bonds is 1. The fourth-order valence-electron chi connectivity index (χ4n) is 3.24. The van der Waals surface area contributed by atoms with Crippen LogP contribution in [0.3, 0.4) is 0 Å². The summed E-state index contributed by atoms with van der Waals surface area (Å²) in [4.78, 5) is 29.1. The molecular weight excluding hydrogens is 254 g/mol. The molecule has 1 N–H and O–H groups in total. The minimum Gasteiger partial charge on any atom is -0.342 e. The topological polar surface area (TPSA) is 52.7 Å². The van der Waals surface area contributed by atoms with Gasteiger partial charge in [-0.3, -0.25) is 9.59 Å². The molecule has 0 spiro atoms. The number of carbonyl (C=O) groups excluding carboxylic acids is 2. The van der Waals surface area contributed by atoms with Gasteiger partial charge in [0.05, 0.1) is 0 Å². The van der Waals surface area contributed by atoms with Crippen LogP contribution < -0.4 is 5.32 Å². The van der Waals surface area contributed by atoms with E-state index < -0.39 is 6.04 Å². The largest absolute Gasteiger partial charge is 0.342 e. The number of piperazine rings is 1. The first-order valence-electron chi connectivity index (χ1n) is 7.53. The molecule has 2 heterocycles. The number of likely N-dealkylation sites (N-methyl/N-ethyl adjacent to an activating group) is 1. The van der Waals surface area contributed by atoms with Gasteiger partial charge in [-0.1, -0.05) is 20.8 Å². The van der Waals surface area contributed by atoms with E-state index in [1.807, 2.05) is 32.6 Å². The Morgan fingerprint density at radius 3 is 2.45 bits per heavy atom. The average molecular weight is 281 g/mol. The summed E-state index contributed by atoms with van der Waals surface area (Å²) >= 11 is 0. The smallest absolute Gasteiger partial charge is 0.246 e. The zero-order valence-corrected chi connectivity index (χ0v) is 13.3. The molecule has 2 rings (SSSR count). The normalized spacial score (nSPS) is 33.2. The van der Waals surface area contributed by atoms with Crippen molar-refractivity contribution in [2.75, 3.05) is 20.1 Å². The second-order valence-electron chi connectivity index (χ2n) is 7.29. The molecule has 2 aliphatic heterocycles. The Hall–Kier alpha value is -1.10. The first-order chi connectivity index (χ1) is 9.21. The van der Waals surface area contributed by atoms with E-state index in [2.05, 4.69) is 17.3 Å². The summed E-state index contributed by atoms with van der Waals surface area (Å²) in [5.74, 6) is 0.0441. The summed E-state index contributed by atoms with van der Waals surface area (Å²) in [6, 6.07) is -0.622. The van der Waals surface area contributed by atoms with Crippen LogP contribution in [0.5, 0.6) is 0 Å². The van der Waals surface area contributed by atoms with Crippen LogP contribution >= 0.6 is 0 Å². The van der Waals surface area contributed by atoms with E-state index >= 15 is 0 Å². The van der Waals surface area contributed by atoms with Gasteiger partial charge >= 0.3 is 0 Å². The van der Waals surface area contributed by atoms with Gasteiger partial charge in [0, 0.05) is 12.6 Å². The van der Waals surface area contributed by atoms with Crippen LogP contribution in [0.15, 0.2) is 0 Å². The van der Waals surface area contributed by atoms with Gasteiger partial charge in [0.15, 0.2) is 0 Å². The number of piperidine rings is 1. The second kappa shape index (κ2) is 5.35. The third-order valence-corrected chi connectivity index (χ3v) is 4.44. The van der Waals surface area contributed by atoms with Crippen molar-refractivity contribution in [2.45, 2.75) is 58.7 Å². The summed E-state index contributed by atoms with van der Waals surface area (Å²) in [6.07, 6.45) is 2.07. The van der Waals surface area contributed by atoms with Gasteiger partial charge in [-0.2, -0.15) is 0 Å². The molecule has 5 heteroatoms. The lowest BCUT2D eigenvalue weighted by Crippen LogP contribution is -2.69. The fourth-order valence-corrected chi connectivity index (χ4v) is 3.24. The molecule has 5 nitrogen and oxygen atoms in total. The van der Waals surface area contributed by atoms with Crippen molar-refractivity contribution in [3.05, 3.63) is 0 Å². The molecule has 0 aliphatic carbocycles. The van der Waals surface area contributed by atoms with Gasteiger partial charge in [-0.15, -0.1) is 0 Å². The molecule has 114 valence electrons. The molecule has 2 fully saturated rings. The van der Waals surface area contributed by atoms with Gasteiger partial charge in [-0.05, 0) is 38.8 Å². The molecule has 0 saturated carbocycles. The Labute approximate surface area is 121 Å². The van der Waals surface area contributed by atoms with Crippen molar-refractivity contribution < 1.29 is 9.59 Å². The summed E-state index contributed by atoms with van der Waals surface area (Å²) in [7, 11) is 2.08. The lowest BCUT2D eigenvalue weighted by Gasteiger charge is -2.47. The molecule has 2 amide bonds. The maximum atomic E-state index is 12.8. The summed E-state index contributed by atoms with van der Waals surface area (Å²) in [5.41, 5.74) is -0.258. The van der Waals surface area contributed by atoms with Crippen LogP contribution in [-0.2, 0) is 9.59 Å². The molecule has 0 radical (unpaired) electrons. The van der Waals surface area contributed by atoms with E-state index in [1.54, 1.807) is 0 Å². The lowest BCUT2D eigenvalue weighted by atomic mass is 9.83. The Bertz CT molecular complexity index is 402. The first kappa shape index (κ1) is 15.3. The van der Waals surface area contributed by atoms with Crippen LogP contribution in [0.4, 0.5) is 0 Å². The summed E-state index contributed by atoms with van der Waals surface area (Å²) < 4.78 is 0. The Kier molecular flexibility index (Phi) is 4.09. The van der Waals surface area contributed by atoms with Gasteiger partial charge in [0.25, 0.3) is 0 Å². The van der Waals surface area contributed by atoms with E-state index in [0.29, 0.717) is 0 Å². The van der Waals surface area contributed by atoms with Crippen molar-refractivity contribution >= 4 is 11.8 Å². The van der Waals surface area contributed by atoms with Gasteiger partial charge in [-0.25, -0.2) is 0 Å². The van der Waals surface area contributed by atoms with Crippen molar-refractivity contribution in [1.29, 1.82) is 0 Å². The average Bonchev–Trinajstić information content (AvgIpc) is 2.33. The molecule has 2 aliphatic rings. The zero-order chi connectivity index (χ0) is 15.1. The van der Waals surface area contributed by atoms with Crippen molar-refractivity contribution in [2.24, 2.45) is 5.41 Å². The van der Waals surface area contributed by atoms with E-state index in [4.69, 9.17) is 0 Å². The van der Waals surface area contributed by atoms with Gasteiger partial charge in [0.2, 0.25) is 11.8 Å². The first-order valence-corrected chi connectivity index (χ1v) is 7.53. The SMILES string of the molecule is CC1C(=O)NC(C(C)(C)C)C(=O)N1C1CCCN(C)C1. The number of hydrogen-bond donors (Lipinski definition) is 1. The van der Waals surface area contributed by atoms with E-state index in [-0.39, 0.29) is 29.3 Å². The van der Waals surface area contributed by atoms with E-state index in [1.165, 1.54) is 0 Å². The van der Waals surface area contributed by atoms with E-state index in [0.717, 1.165) is 25.9 Å². The molecule has 3 unspecified atom stereocenters. The lowest BCUT2D eigenvalue weighted by molar-refractivity contribution is -0.155. The molecule has 0 bridgehead atoms. The number of amides is 2. The number of nitrogens with one attached hydrogen (secondary N) is 1. The molecule has 0 aromatic carbocycles. The number of hydrogen-bond acceptors (Lipinski definition) is 3. The van der Waals surface area contributed by atoms with Crippen LogP contribution in [0.2, 0.25) is 0 Å². The standard InChI is InChI=1S/C15H27N3O2/c1-10-13(19)16-12(15(2,3)4)14(20)18(10)11-7-6-8-17(5)9-11/h10-12H,6-9H2,1-5H3,(H,16,19). The highest BCUT2D eigenvalue weighted by Gasteiger charge is 2.46. The fraction of sp³-hybridized carbons (Fsp3) is 0.867. The highest BCUT2D eigenvalue weighted by molar-refractivity contribution is 5.97. The van der Waals surface area contributed by atoms with Crippen LogP contribution in [0.25, 0.3) is 0 Å². The van der Waals surface area contributed by atoms with Crippen LogP contribution in [0, 0.1) is 5.41 Å². The molecule has 0 aromatic heterocycles. The Balaban J connectivity index is 2.24. The monoisotopic (exact) mass is 281 g/mol. The quantitative estimate of drug-likeness (QED) is 0.775. The molecule has 2 saturated heterocycles. The maximum absolute atomic E-state index is 12.8. The second-order valence-corrected chi connectivity index (χ2v) is 7.29. The molecule has 0 aromatic rings. The number of nitrogens with zero attached hydrogens (tertiary/aromatic N) is 2. The molecule has 20 heavy (non-hydrogen) atoms. The Morgan fingerprint density at radius 2 is 1.90 bits per heavy atom. The van der Waals surface area contributed by atoms with Gasteiger partial charge in [0.1, 0.15) is 12.1 Å². The summed E-state index contributed by atoms with van der Waals surface area (Å²) in [5, 5.41) is 2.89. The van der Waals surface area contributed by atoms with Gasteiger partial charge < -0.3 is 15.1 Å². The predicted octanol–water partition coefficient (Wildman–Crippen LogP) is 0.842. The number of carbonyl (C=O) groups is 2. The zero-order valence-electron chi connectivity index (χ0n) is 13.3. The van der Waals surface area contributed by atoms with Crippen molar-refractivity contribution in [3.63, 3.8) is 0 Å². The van der Waals surface area contributed by atoms with Crippen LogP contribution in [-0.4, -0.2) is 59.9 Å². The predicted molar refractivity (Wildman–Crippen MR) is 78.2 cm³/mol. The molecule has 3 atom stereocenters. The molecular formula is C15H27N3O2. The summed E-state index contributed by atoms with van der Waals surface area (Å²) in [6.45, 7) is 9.76. The maximum Gasteiger partial charge on any atom is 0.246 e. The van der Waals surface area contributed by atoms with E-state index in [9.17, 15) is 9.59 Å². The Morgan fingerprint density at radius 1 is 1.25 bits per heavy atom. The van der Waals surface area contributed by atoms with Crippen LogP contribution in [0.1, 0.15) is 40.5 Å². The highest BCUT2D eigenvalue weighted by atomic mass is 16.2.